The summed E-state index contributed by atoms with van der Waals surface area (Å²) in [4.78, 5) is 15.7. The standard InChI is InChI=1S/C12H13NS.C5H8O2.C4H10/c1-9(2)10-6-8-14-12(10)11-5-3-4-7-13-11;1-4(6)3-5(2)7;1-3-4-2/h3-9H,1-2H3;3,6H,1-2H3;3-4H2,1-2H3/b;4-3-;. The number of aliphatic hydroxyl groups is 1. The number of thiophene rings is 1. The van der Waals surface area contributed by atoms with Gasteiger partial charge in [-0.3, -0.25) is 9.78 Å². The minimum Gasteiger partial charge on any atom is -0.512 e. The molecule has 0 aliphatic rings. The van der Waals surface area contributed by atoms with Gasteiger partial charge in [0, 0.05) is 12.3 Å². The van der Waals surface area contributed by atoms with Gasteiger partial charge in [-0.15, -0.1) is 11.3 Å². The number of rotatable bonds is 4. The maximum absolute atomic E-state index is 10.0. The van der Waals surface area contributed by atoms with Gasteiger partial charge in [0.1, 0.15) is 0 Å². The Kier molecular flexibility index (Phi) is 12.3. The van der Waals surface area contributed by atoms with Crippen molar-refractivity contribution in [2.75, 3.05) is 0 Å². The summed E-state index contributed by atoms with van der Waals surface area (Å²) in [5.74, 6) is 0.505. The fourth-order valence-corrected chi connectivity index (χ4v) is 2.81. The van der Waals surface area contributed by atoms with Crippen molar-refractivity contribution in [2.24, 2.45) is 0 Å². The van der Waals surface area contributed by atoms with Gasteiger partial charge in [-0.25, -0.2) is 0 Å². The molecule has 1 N–H and O–H groups in total. The van der Waals surface area contributed by atoms with Crippen molar-refractivity contribution in [3.8, 4) is 10.6 Å². The van der Waals surface area contributed by atoms with E-state index in [1.54, 1.807) is 11.3 Å². The molecule has 0 bridgehead atoms. The zero-order chi connectivity index (χ0) is 19.2. The van der Waals surface area contributed by atoms with E-state index < -0.39 is 0 Å². The Bertz CT molecular complexity index is 624. The van der Waals surface area contributed by atoms with Gasteiger partial charge < -0.3 is 5.11 Å². The van der Waals surface area contributed by atoms with Crippen molar-refractivity contribution >= 4 is 17.1 Å². The van der Waals surface area contributed by atoms with Gasteiger partial charge in [0.15, 0.2) is 5.78 Å². The summed E-state index contributed by atoms with van der Waals surface area (Å²) in [5.41, 5.74) is 2.49. The molecule has 4 heteroatoms. The number of hydrogen-bond acceptors (Lipinski definition) is 4. The summed E-state index contributed by atoms with van der Waals surface area (Å²) in [6.07, 6.45) is 5.65. The Labute approximate surface area is 156 Å². The van der Waals surface area contributed by atoms with Crippen LogP contribution in [-0.2, 0) is 4.79 Å². The van der Waals surface area contributed by atoms with Gasteiger partial charge in [-0.2, -0.15) is 0 Å². The van der Waals surface area contributed by atoms with Crippen LogP contribution in [-0.4, -0.2) is 15.9 Å². The molecule has 3 nitrogen and oxygen atoms in total. The van der Waals surface area contributed by atoms with E-state index in [1.807, 2.05) is 18.3 Å². The van der Waals surface area contributed by atoms with Gasteiger partial charge in [-0.05, 0) is 48.9 Å². The first-order valence-corrected chi connectivity index (χ1v) is 9.57. The summed E-state index contributed by atoms with van der Waals surface area (Å²) in [6.45, 7) is 11.6. The second kappa shape index (κ2) is 13.4. The number of carbonyl (C=O) groups excluding carboxylic acids is 1. The molecule has 0 aliphatic heterocycles. The zero-order valence-corrected chi connectivity index (χ0v) is 17.1. The Morgan fingerprint density at radius 2 is 1.84 bits per heavy atom. The first-order valence-electron chi connectivity index (χ1n) is 8.69. The minimum atomic E-state index is -0.125. The molecule has 2 aromatic rings. The maximum Gasteiger partial charge on any atom is 0.155 e. The SMILES string of the molecule is CC(=O)/C=C(/C)O.CC(C)c1ccsc1-c1ccccn1.CCCC. The number of allylic oxidation sites excluding steroid dienone is 2. The topological polar surface area (TPSA) is 50.2 Å². The molecule has 0 aliphatic carbocycles. The van der Waals surface area contributed by atoms with E-state index >= 15 is 0 Å². The van der Waals surface area contributed by atoms with Crippen molar-refractivity contribution in [1.29, 1.82) is 0 Å². The Morgan fingerprint density at radius 3 is 2.20 bits per heavy atom. The highest BCUT2D eigenvalue weighted by Crippen LogP contribution is 2.32. The fourth-order valence-electron chi connectivity index (χ4n) is 1.77. The molecule has 2 aromatic heterocycles. The van der Waals surface area contributed by atoms with Crippen LogP contribution >= 0.6 is 11.3 Å². The summed E-state index contributed by atoms with van der Waals surface area (Å²) < 4.78 is 0. The summed E-state index contributed by atoms with van der Waals surface area (Å²) >= 11 is 1.77. The monoisotopic (exact) mass is 361 g/mol. The molecule has 138 valence electrons. The number of unbranched alkanes of at least 4 members (excludes halogenated alkanes) is 1. The summed E-state index contributed by atoms with van der Waals surface area (Å²) in [7, 11) is 0. The molecule has 0 spiro atoms. The number of hydrogen-bond donors (Lipinski definition) is 1. The van der Waals surface area contributed by atoms with E-state index in [2.05, 4.69) is 50.2 Å². The molecule has 0 amide bonds. The van der Waals surface area contributed by atoms with Crippen molar-refractivity contribution in [2.45, 2.75) is 60.3 Å². The molecule has 0 saturated carbocycles. The van der Waals surface area contributed by atoms with Crippen molar-refractivity contribution in [3.63, 3.8) is 0 Å². The largest absolute Gasteiger partial charge is 0.512 e. The van der Waals surface area contributed by atoms with E-state index in [0.717, 1.165) is 5.69 Å². The maximum atomic E-state index is 10.0. The lowest BCUT2D eigenvalue weighted by molar-refractivity contribution is -0.112. The zero-order valence-electron chi connectivity index (χ0n) is 16.2. The Hall–Kier alpha value is -1.94. The van der Waals surface area contributed by atoms with Crippen LogP contribution in [0, 0.1) is 0 Å². The number of aromatic nitrogens is 1. The smallest absolute Gasteiger partial charge is 0.155 e. The van der Waals surface area contributed by atoms with Crippen LogP contribution in [0.3, 0.4) is 0 Å². The average Bonchev–Trinajstić information content (AvgIpc) is 3.05. The number of pyridine rings is 1. The predicted octanol–water partition coefficient (Wildman–Crippen LogP) is 6.78. The van der Waals surface area contributed by atoms with E-state index in [1.165, 1.54) is 43.2 Å². The highest BCUT2D eigenvalue weighted by Gasteiger charge is 2.10. The van der Waals surface area contributed by atoms with Crippen LogP contribution in [0.4, 0.5) is 0 Å². The lowest BCUT2D eigenvalue weighted by Gasteiger charge is -2.05. The van der Waals surface area contributed by atoms with Crippen molar-refractivity contribution in [1.82, 2.24) is 4.98 Å². The van der Waals surface area contributed by atoms with Gasteiger partial charge >= 0.3 is 0 Å². The number of aliphatic hydroxyl groups excluding tert-OH is 1. The number of carbonyl (C=O) groups is 1. The predicted molar refractivity (Wildman–Crippen MR) is 109 cm³/mol. The molecule has 25 heavy (non-hydrogen) atoms. The minimum absolute atomic E-state index is 0.0625. The summed E-state index contributed by atoms with van der Waals surface area (Å²) in [6, 6.07) is 8.25. The molecular formula is C21H31NO2S. The Balaban J connectivity index is 0.000000442. The first kappa shape index (κ1) is 23.1. The molecule has 0 radical (unpaired) electrons. The van der Waals surface area contributed by atoms with Crippen molar-refractivity contribution < 1.29 is 9.90 Å². The van der Waals surface area contributed by atoms with E-state index in [9.17, 15) is 4.79 Å². The molecule has 2 rings (SSSR count). The van der Waals surface area contributed by atoms with Gasteiger partial charge in [0.2, 0.25) is 0 Å². The summed E-state index contributed by atoms with van der Waals surface area (Å²) in [5, 5.41) is 10.5. The van der Waals surface area contributed by atoms with Gasteiger partial charge in [-0.1, -0.05) is 46.6 Å². The van der Waals surface area contributed by atoms with Crippen LogP contribution in [0.5, 0.6) is 0 Å². The van der Waals surface area contributed by atoms with E-state index in [-0.39, 0.29) is 11.5 Å². The normalized spacial score (nSPS) is 10.4. The second-order valence-electron chi connectivity index (χ2n) is 5.97. The van der Waals surface area contributed by atoms with Gasteiger partial charge in [0.25, 0.3) is 0 Å². The third-order valence-electron chi connectivity index (χ3n) is 3.13. The van der Waals surface area contributed by atoms with Crippen LogP contribution in [0.1, 0.15) is 65.9 Å². The van der Waals surface area contributed by atoms with E-state index in [0.29, 0.717) is 5.92 Å². The van der Waals surface area contributed by atoms with Crippen LogP contribution < -0.4 is 0 Å². The van der Waals surface area contributed by atoms with Crippen LogP contribution in [0.15, 0.2) is 47.7 Å². The first-order chi connectivity index (χ1) is 11.8. The molecule has 0 aromatic carbocycles. The third kappa shape index (κ3) is 10.5. The number of ketones is 1. The molecular weight excluding hydrogens is 330 g/mol. The molecule has 0 fully saturated rings. The number of nitrogens with zero attached hydrogens (tertiary/aromatic N) is 1. The molecule has 0 saturated heterocycles. The molecule has 0 unspecified atom stereocenters. The highest BCUT2D eigenvalue weighted by atomic mass is 32.1. The highest BCUT2D eigenvalue weighted by molar-refractivity contribution is 7.13. The quantitative estimate of drug-likeness (QED) is 0.482. The second-order valence-corrected chi connectivity index (χ2v) is 6.89. The third-order valence-corrected chi connectivity index (χ3v) is 4.08. The average molecular weight is 362 g/mol. The lowest BCUT2D eigenvalue weighted by Crippen LogP contribution is -1.88. The lowest BCUT2D eigenvalue weighted by atomic mass is 10.0. The van der Waals surface area contributed by atoms with E-state index in [4.69, 9.17) is 5.11 Å². The van der Waals surface area contributed by atoms with Crippen LogP contribution in [0.25, 0.3) is 10.6 Å². The van der Waals surface area contributed by atoms with Crippen molar-refractivity contribution in [3.05, 3.63) is 53.2 Å². The Morgan fingerprint density at radius 1 is 1.20 bits per heavy atom. The molecule has 0 atom stereocenters. The fraction of sp³-hybridized carbons (Fsp3) is 0.429. The van der Waals surface area contributed by atoms with Crippen LogP contribution in [0.2, 0.25) is 0 Å². The molecule has 2 heterocycles. The van der Waals surface area contributed by atoms with Gasteiger partial charge in [0.05, 0.1) is 16.3 Å².